The maximum Gasteiger partial charge on any atom is 0.407 e. The lowest BCUT2D eigenvalue weighted by molar-refractivity contribution is -0.136. The molecule has 0 saturated carbocycles. The number of nitrogens with zero attached hydrogens (tertiary/aromatic N) is 4. The number of methoxy groups -OCH3 is 2. The van der Waals surface area contributed by atoms with Crippen LogP contribution in [0.25, 0.3) is 54.7 Å². The third-order valence-electron chi connectivity index (χ3n) is 13.9. The number of carbonyl (C=O) groups is 4. The SMILES string of the molecule is COC(=O)N[C@H](C(=O)N1C[C@@H](COCC2C=CC2)C[C@H]1c1nc2c(ccc3cc(-c4ccc5c(ccc6[nH]c([C@@H]7CCCN7C(=O)[C@H](NC(=O)OC)c7ccccc7)nc65)c4)ccc32)[nH]1)C(C)C. The summed E-state index contributed by atoms with van der Waals surface area (Å²) in [6.45, 7) is 6.06. The highest BCUT2D eigenvalue weighted by Gasteiger charge is 2.42. The Hall–Kier alpha value is -7.26. The summed E-state index contributed by atoms with van der Waals surface area (Å²) in [5.41, 5.74) is 6.20. The number of H-pyrrole nitrogens is 2. The highest BCUT2D eigenvalue weighted by Crippen LogP contribution is 2.40. The van der Waals surface area contributed by atoms with Gasteiger partial charge in [-0.2, -0.15) is 0 Å². The van der Waals surface area contributed by atoms with Crippen molar-refractivity contribution in [2.45, 2.75) is 63.7 Å². The van der Waals surface area contributed by atoms with Crippen LogP contribution in [0.4, 0.5) is 9.59 Å². The minimum Gasteiger partial charge on any atom is -0.453 e. The van der Waals surface area contributed by atoms with Crippen LogP contribution in [0.15, 0.2) is 103 Å². The molecule has 15 heteroatoms. The quantitative estimate of drug-likeness (QED) is 0.0820. The second-order valence-electron chi connectivity index (χ2n) is 18.6. The Bertz CT molecular complexity index is 3070. The number of imidazole rings is 2. The summed E-state index contributed by atoms with van der Waals surface area (Å²) >= 11 is 0. The molecule has 2 saturated heterocycles. The minimum absolute atomic E-state index is 0.101. The van der Waals surface area contributed by atoms with E-state index in [1.807, 2.05) is 66.1 Å². The number of nitrogens with one attached hydrogen (secondary N) is 4. The first-order valence-electron chi connectivity index (χ1n) is 23.5. The number of fused-ring (bicyclic) bond motifs is 6. The van der Waals surface area contributed by atoms with Gasteiger partial charge in [-0.05, 0) is 83.3 Å². The van der Waals surface area contributed by atoms with E-state index in [2.05, 4.69) is 81.3 Å². The Morgan fingerprint density at radius 3 is 1.94 bits per heavy atom. The molecule has 2 aromatic heterocycles. The molecule has 15 nitrogen and oxygen atoms in total. The molecule has 68 heavy (non-hydrogen) atoms. The first-order valence-corrected chi connectivity index (χ1v) is 23.5. The van der Waals surface area contributed by atoms with Gasteiger partial charge in [-0.1, -0.05) is 92.7 Å². The van der Waals surface area contributed by atoms with Crippen LogP contribution in [0.3, 0.4) is 0 Å². The van der Waals surface area contributed by atoms with Crippen LogP contribution in [0, 0.1) is 17.8 Å². The number of hydrogen-bond acceptors (Lipinski definition) is 9. The number of aromatic nitrogens is 4. The first kappa shape index (κ1) is 44.6. The van der Waals surface area contributed by atoms with Gasteiger partial charge < -0.3 is 44.6 Å². The summed E-state index contributed by atoms with van der Waals surface area (Å²) in [5.74, 6) is 1.41. The number of carbonyl (C=O) groups excluding carboxylic acids is 4. The van der Waals surface area contributed by atoms with Gasteiger partial charge in [0, 0.05) is 35.7 Å². The molecule has 3 aliphatic rings. The molecular weight excluding hydrogens is 861 g/mol. The highest BCUT2D eigenvalue weighted by atomic mass is 16.5. The molecule has 6 atom stereocenters. The van der Waals surface area contributed by atoms with Crippen molar-refractivity contribution in [3.8, 4) is 11.1 Å². The van der Waals surface area contributed by atoms with E-state index in [1.165, 1.54) is 14.2 Å². The number of aromatic amines is 2. The Morgan fingerprint density at radius 1 is 0.735 bits per heavy atom. The smallest absolute Gasteiger partial charge is 0.407 e. The molecule has 2 fully saturated rings. The van der Waals surface area contributed by atoms with Crippen molar-refractivity contribution in [3.63, 3.8) is 0 Å². The van der Waals surface area contributed by atoms with Gasteiger partial charge in [-0.25, -0.2) is 19.6 Å². The fourth-order valence-corrected chi connectivity index (χ4v) is 10.2. The van der Waals surface area contributed by atoms with E-state index in [9.17, 15) is 19.2 Å². The molecule has 4 amide bonds. The van der Waals surface area contributed by atoms with Gasteiger partial charge in [0.15, 0.2) is 0 Å². The van der Waals surface area contributed by atoms with Crippen molar-refractivity contribution in [2.75, 3.05) is 40.5 Å². The first-order chi connectivity index (χ1) is 33.1. The normalized spacial score (nSPS) is 20.0. The van der Waals surface area contributed by atoms with Crippen molar-refractivity contribution in [1.82, 2.24) is 40.4 Å². The summed E-state index contributed by atoms with van der Waals surface area (Å²) in [4.78, 5) is 74.1. The zero-order valence-electron chi connectivity index (χ0n) is 38.7. The average molecular weight is 917 g/mol. The standard InChI is InChI=1S/C53H56N8O7/c1-30(2)44(58-52(64)66-3)50(62)61-27-32(29-68-28-31-10-8-11-31)24-43(61)49-55-41-22-18-37-26-35(16-20-39(37)47(41)57-49)34-15-19-38-36(25-34)17-21-40-46(38)56-48(54-40)42-14-9-23-60(42)51(63)45(59-53(65)67-4)33-12-6-5-7-13-33/h5-8,10,12-13,15-22,25-26,30-32,42-45H,9,11,14,23-24,27-29H2,1-4H3,(H,54,56)(H,55,57)(H,58,64)(H,59,65)/t31?,32-,42-,43-,44-,45+/m0/s1. The molecule has 4 N–H and O–H groups in total. The van der Waals surface area contributed by atoms with Gasteiger partial charge in [0.05, 0.1) is 61.6 Å². The van der Waals surface area contributed by atoms with Gasteiger partial charge in [0.2, 0.25) is 5.91 Å². The van der Waals surface area contributed by atoms with Crippen LogP contribution < -0.4 is 10.6 Å². The number of alkyl carbamates (subject to hydrolysis) is 2. The Labute approximate surface area is 393 Å². The second-order valence-corrected chi connectivity index (χ2v) is 18.6. The van der Waals surface area contributed by atoms with Gasteiger partial charge in [0.25, 0.3) is 5.91 Å². The maximum atomic E-state index is 14.3. The summed E-state index contributed by atoms with van der Waals surface area (Å²) in [5, 5.41) is 9.56. The summed E-state index contributed by atoms with van der Waals surface area (Å²) in [6.07, 6.45) is 6.26. The number of rotatable bonds is 13. The lowest BCUT2D eigenvalue weighted by Gasteiger charge is -2.30. The number of allylic oxidation sites excluding steroid dienone is 1. The zero-order valence-corrected chi connectivity index (χ0v) is 38.7. The van der Waals surface area contributed by atoms with E-state index in [0.717, 1.165) is 74.0 Å². The second kappa shape index (κ2) is 18.8. The van der Waals surface area contributed by atoms with Crippen molar-refractivity contribution in [2.24, 2.45) is 17.8 Å². The molecule has 350 valence electrons. The third-order valence-corrected chi connectivity index (χ3v) is 13.9. The highest BCUT2D eigenvalue weighted by molar-refractivity contribution is 6.07. The molecule has 7 aromatic rings. The summed E-state index contributed by atoms with van der Waals surface area (Å²) in [7, 11) is 2.59. The predicted octanol–water partition coefficient (Wildman–Crippen LogP) is 9.04. The number of amides is 4. The molecule has 1 aliphatic carbocycles. The molecular formula is C53H56N8O7. The lowest BCUT2D eigenvalue weighted by atomic mass is 9.96. The van der Waals surface area contributed by atoms with E-state index in [-0.39, 0.29) is 35.7 Å². The molecule has 0 bridgehead atoms. The predicted molar refractivity (Wildman–Crippen MR) is 259 cm³/mol. The van der Waals surface area contributed by atoms with E-state index in [4.69, 9.17) is 24.2 Å². The van der Waals surface area contributed by atoms with Crippen LogP contribution in [0.5, 0.6) is 0 Å². The van der Waals surface area contributed by atoms with Gasteiger partial charge >= 0.3 is 12.2 Å². The van der Waals surface area contributed by atoms with Crippen molar-refractivity contribution in [1.29, 1.82) is 0 Å². The lowest BCUT2D eigenvalue weighted by Crippen LogP contribution is -2.51. The minimum atomic E-state index is -0.897. The van der Waals surface area contributed by atoms with Crippen LogP contribution in [0.2, 0.25) is 0 Å². The topological polar surface area (TPSA) is 184 Å². The van der Waals surface area contributed by atoms with Crippen LogP contribution >= 0.6 is 0 Å². The Morgan fingerprint density at radius 2 is 1.35 bits per heavy atom. The van der Waals surface area contributed by atoms with Crippen molar-refractivity contribution >= 4 is 67.6 Å². The molecule has 5 aromatic carbocycles. The van der Waals surface area contributed by atoms with E-state index in [1.54, 1.807) is 0 Å². The van der Waals surface area contributed by atoms with Gasteiger partial charge in [0.1, 0.15) is 23.7 Å². The van der Waals surface area contributed by atoms with E-state index in [0.29, 0.717) is 55.9 Å². The fraction of sp³-hybridized carbons (Fsp3) is 0.358. The molecule has 10 rings (SSSR count). The Kier molecular flexibility index (Phi) is 12.3. The summed E-state index contributed by atoms with van der Waals surface area (Å²) < 4.78 is 15.9. The molecule has 0 radical (unpaired) electrons. The van der Waals surface area contributed by atoms with Crippen molar-refractivity contribution < 1.29 is 33.4 Å². The summed E-state index contributed by atoms with van der Waals surface area (Å²) in [6, 6.07) is 28.0. The Balaban J connectivity index is 0.906. The number of likely N-dealkylation sites (tertiary alicyclic amines) is 2. The maximum absolute atomic E-state index is 14.3. The largest absolute Gasteiger partial charge is 0.453 e. The number of benzene rings is 5. The molecule has 4 heterocycles. The monoisotopic (exact) mass is 916 g/mol. The van der Waals surface area contributed by atoms with Crippen LogP contribution in [-0.2, 0) is 23.8 Å². The zero-order chi connectivity index (χ0) is 47.1. The van der Waals surface area contributed by atoms with Gasteiger partial charge in [-0.3, -0.25) is 9.59 Å². The number of hydrogen-bond donors (Lipinski definition) is 4. The molecule has 1 unspecified atom stereocenters. The van der Waals surface area contributed by atoms with Gasteiger partial charge in [-0.15, -0.1) is 0 Å². The van der Waals surface area contributed by atoms with Crippen LogP contribution in [0.1, 0.15) is 74.9 Å². The van der Waals surface area contributed by atoms with E-state index < -0.39 is 24.3 Å². The van der Waals surface area contributed by atoms with Crippen LogP contribution in [-0.4, -0.2) is 100 Å². The van der Waals surface area contributed by atoms with E-state index >= 15 is 0 Å². The molecule has 0 spiro atoms. The fourth-order valence-electron chi connectivity index (χ4n) is 10.2. The molecule has 2 aliphatic heterocycles. The van der Waals surface area contributed by atoms with Crippen molar-refractivity contribution in [3.05, 3.63) is 120 Å². The average Bonchev–Trinajstić information content (AvgIpc) is 4.18. The number of ether oxygens (including phenoxy) is 3. The third kappa shape index (κ3) is 8.62.